The van der Waals surface area contributed by atoms with E-state index in [1.54, 1.807) is 6.07 Å². The number of hydrogen-bond donors (Lipinski definition) is 1. The quantitative estimate of drug-likeness (QED) is 0.741. The molecular weight excluding hydrogens is 220 g/mol. The van der Waals surface area contributed by atoms with E-state index in [0.29, 0.717) is 5.92 Å². The molecule has 0 amide bonds. The Bertz CT molecular complexity index is 350. The standard InChI is InChI=1S/C14H21F2N/c1-10(2)5-4-8-17-11(3)12-6-7-13(15)14(16)9-12/h6-7,9-11,17H,4-5,8H2,1-3H3. The van der Waals surface area contributed by atoms with Gasteiger partial charge < -0.3 is 5.32 Å². The third-order valence-electron chi connectivity index (χ3n) is 2.85. The minimum Gasteiger partial charge on any atom is -0.310 e. The van der Waals surface area contributed by atoms with Crippen molar-refractivity contribution in [1.29, 1.82) is 0 Å². The second kappa shape index (κ2) is 6.70. The fourth-order valence-electron chi connectivity index (χ4n) is 1.73. The number of nitrogens with one attached hydrogen (secondary N) is 1. The molecule has 1 aromatic rings. The molecule has 1 rings (SSSR count). The summed E-state index contributed by atoms with van der Waals surface area (Å²) in [6, 6.07) is 4.11. The van der Waals surface area contributed by atoms with Crippen molar-refractivity contribution >= 4 is 0 Å². The first-order valence-corrected chi connectivity index (χ1v) is 6.19. The molecule has 0 heterocycles. The van der Waals surface area contributed by atoms with Gasteiger partial charge in [-0.2, -0.15) is 0 Å². The lowest BCUT2D eigenvalue weighted by molar-refractivity contribution is 0.486. The average Bonchev–Trinajstić information content (AvgIpc) is 2.27. The monoisotopic (exact) mass is 241 g/mol. The van der Waals surface area contributed by atoms with Gasteiger partial charge in [0, 0.05) is 6.04 Å². The van der Waals surface area contributed by atoms with E-state index in [0.717, 1.165) is 18.5 Å². The lowest BCUT2D eigenvalue weighted by atomic mass is 10.1. The fourth-order valence-corrected chi connectivity index (χ4v) is 1.73. The molecule has 1 unspecified atom stereocenters. The SMILES string of the molecule is CC(C)CCCNC(C)c1ccc(F)c(F)c1. The minimum absolute atomic E-state index is 0.0530. The van der Waals surface area contributed by atoms with E-state index in [9.17, 15) is 8.78 Å². The molecule has 0 bridgehead atoms. The van der Waals surface area contributed by atoms with E-state index >= 15 is 0 Å². The predicted octanol–water partition coefficient (Wildman–Crippen LogP) is 4.05. The van der Waals surface area contributed by atoms with E-state index in [2.05, 4.69) is 19.2 Å². The van der Waals surface area contributed by atoms with Gasteiger partial charge in [-0.05, 0) is 49.9 Å². The van der Waals surface area contributed by atoms with Crippen LogP contribution in [0.3, 0.4) is 0 Å². The van der Waals surface area contributed by atoms with Crippen LogP contribution in [0.4, 0.5) is 8.78 Å². The summed E-state index contributed by atoms with van der Waals surface area (Å²) in [5.41, 5.74) is 0.786. The van der Waals surface area contributed by atoms with Gasteiger partial charge >= 0.3 is 0 Å². The van der Waals surface area contributed by atoms with Crippen molar-refractivity contribution < 1.29 is 8.78 Å². The first-order chi connectivity index (χ1) is 8.00. The van der Waals surface area contributed by atoms with E-state index < -0.39 is 11.6 Å². The van der Waals surface area contributed by atoms with E-state index in [4.69, 9.17) is 0 Å². The summed E-state index contributed by atoms with van der Waals surface area (Å²) >= 11 is 0. The Balaban J connectivity index is 2.41. The topological polar surface area (TPSA) is 12.0 Å². The van der Waals surface area contributed by atoms with Gasteiger partial charge in [0.2, 0.25) is 0 Å². The van der Waals surface area contributed by atoms with Crippen LogP contribution in [0.2, 0.25) is 0 Å². The molecule has 0 saturated carbocycles. The molecule has 1 N–H and O–H groups in total. The summed E-state index contributed by atoms with van der Waals surface area (Å²) in [7, 11) is 0. The summed E-state index contributed by atoms with van der Waals surface area (Å²) in [4.78, 5) is 0. The molecular formula is C14H21F2N. The molecule has 0 fully saturated rings. The van der Waals surface area contributed by atoms with Crippen LogP contribution < -0.4 is 5.32 Å². The highest BCUT2D eigenvalue weighted by Crippen LogP contribution is 2.16. The van der Waals surface area contributed by atoms with Crippen molar-refractivity contribution in [1.82, 2.24) is 5.32 Å². The van der Waals surface area contributed by atoms with Gasteiger partial charge in [0.15, 0.2) is 11.6 Å². The van der Waals surface area contributed by atoms with E-state index in [1.807, 2.05) is 6.92 Å². The zero-order valence-corrected chi connectivity index (χ0v) is 10.8. The lowest BCUT2D eigenvalue weighted by Crippen LogP contribution is -2.20. The molecule has 1 atom stereocenters. The lowest BCUT2D eigenvalue weighted by Gasteiger charge is -2.15. The summed E-state index contributed by atoms with van der Waals surface area (Å²) < 4.78 is 25.8. The summed E-state index contributed by atoms with van der Waals surface area (Å²) in [6.07, 6.45) is 2.28. The maximum absolute atomic E-state index is 13.0. The molecule has 0 radical (unpaired) electrons. The van der Waals surface area contributed by atoms with Crippen LogP contribution in [0.25, 0.3) is 0 Å². The highest BCUT2D eigenvalue weighted by atomic mass is 19.2. The van der Waals surface area contributed by atoms with Crippen LogP contribution in [0, 0.1) is 17.6 Å². The number of hydrogen-bond acceptors (Lipinski definition) is 1. The third kappa shape index (κ3) is 4.82. The van der Waals surface area contributed by atoms with Crippen molar-refractivity contribution in [2.24, 2.45) is 5.92 Å². The molecule has 1 aromatic carbocycles. The fraction of sp³-hybridized carbons (Fsp3) is 0.571. The van der Waals surface area contributed by atoms with Gasteiger partial charge in [-0.15, -0.1) is 0 Å². The Labute approximate surface area is 102 Å². The van der Waals surface area contributed by atoms with Crippen LogP contribution >= 0.6 is 0 Å². The molecule has 0 saturated heterocycles. The number of rotatable bonds is 6. The molecule has 0 spiro atoms. The van der Waals surface area contributed by atoms with Crippen LogP contribution in [0.15, 0.2) is 18.2 Å². The minimum atomic E-state index is -0.791. The second-order valence-corrected chi connectivity index (χ2v) is 4.89. The first kappa shape index (κ1) is 14.1. The van der Waals surface area contributed by atoms with E-state index in [-0.39, 0.29) is 6.04 Å². The first-order valence-electron chi connectivity index (χ1n) is 6.19. The average molecular weight is 241 g/mol. The van der Waals surface area contributed by atoms with Gasteiger partial charge in [-0.1, -0.05) is 19.9 Å². The molecule has 0 aliphatic heterocycles. The van der Waals surface area contributed by atoms with Crippen molar-refractivity contribution in [3.8, 4) is 0 Å². The van der Waals surface area contributed by atoms with Gasteiger partial charge in [-0.25, -0.2) is 8.78 Å². The summed E-state index contributed by atoms with van der Waals surface area (Å²) in [6.45, 7) is 7.25. The Morgan fingerprint density at radius 3 is 2.41 bits per heavy atom. The zero-order chi connectivity index (χ0) is 12.8. The van der Waals surface area contributed by atoms with Gasteiger partial charge in [-0.3, -0.25) is 0 Å². The molecule has 17 heavy (non-hydrogen) atoms. The Hall–Kier alpha value is -0.960. The zero-order valence-electron chi connectivity index (χ0n) is 10.8. The smallest absolute Gasteiger partial charge is 0.159 e. The van der Waals surface area contributed by atoms with Crippen LogP contribution in [-0.4, -0.2) is 6.54 Å². The molecule has 0 aliphatic rings. The largest absolute Gasteiger partial charge is 0.310 e. The van der Waals surface area contributed by atoms with E-state index in [1.165, 1.54) is 18.6 Å². The normalized spacial score (nSPS) is 13.1. The van der Waals surface area contributed by atoms with Gasteiger partial charge in [0.25, 0.3) is 0 Å². The number of benzene rings is 1. The molecule has 3 heteroatoms. The summed E-state index contributed by atoms with van der Waals surface area (Å²) in [5.74, 6) is -0.866. The van der Waals surface area contributed by atoms with Crippen molar-refractivity contribution in [2.45, 2.75) is 39.7 Å². The molecule has 1 nitrogen and oxygen atoms in total. The van der Waals surface area contributed by atoms with Crippen molar-refractivity contribution in [3.63, 3.8) is 0 Å². The second-order valence-electron chi connectivity index (χ2n) is 4.89. The Kier molecular flexibility index (Phi) is 5.56. The molecule has 96 valence electrons. The number of halogens is 2. The predicted molar refractivity (Wildman–Crippen MR) is 66.8 cm³/mol. The van der Waals surface area contributed by atoms with Crippen LogP contribution in [0.1, 0.15) is 45.2 Å². The Morgan fingerprint density at radius 2 is 1.82 bits per heavy atom. The van der Waals surface area contributed by atoms with Gasteiger partial charge in [0.1, 0.15) is 0 Å². The van der Waals surface area contributed by atoms with Crippen LogP contribution in [-0.2, 0) is 0 Å². The summed E-state index contributed by atoms with van der Waals surface area (Å²) in [5, 5.41) is 3.31. The maximum atomic E-state index is 13.0. The molecule has 0 aromatic heterocycles. The van der Waals surface area contributed by atoms with Gasteiger partial charge in [0.05, 0.1) is 0 Å². The maximum Gasteiger partial charge on any atom is 0.159 e. The van der Waals surface area contributed by atoms with Crippen molar-refractivity contribution in [2.75, 3.05) is 6.54 Å². The van der Waals surface area contributed by atoms with Crippen LogP contribution in [0.5, 0.6) is 0 Å². The highest BCUT2D eigenvalue weighted by molar-refractivity contribution is 5.20. The van der Waals surface area contributed by atoms with Crippen molar-refractivity contribution in [3.05, 3.63) is 35.4 Å². The molecule has 0 aliphatic carbocycles. The Morgan fingerprint density at radius 1 is 1.12 bits per heavy atom. The highest BCUT2D eigenvalue weighted by Gasteiger charge is 2.08. The third-order valence-corrected chi connectivity index (χ3v) is 2.85.